The molecule has 0 saturated heterocycles. The first-order valence-electron chi connectivity index (χ1n) is 7.04. The van der Waals surface area contributed by atoms with Gasteiger partial charge in [0.1, 0.15) is 0 Å². The van der Waals surface area contributed by atoms with Crippen LogP contribution in [0.4, 0.5) is 10.5 Å². The Hall–Kier alpha value is -1.75. The lowest BCUT2D eigenvalue weighted by Crippen LogP contribution is -2.46. The summed E-state index contributed by atoms with van der Waals surface area (Å²) >= 11 is 5.91. The van der Waals surface area contributed by atoms with E-state index in [9.17, 15) is 14.7 Å². The first-order valence-corrected chi connectivity index (χ1v) is 7.41. The van der Waals surface area contributed by atoms with Crippen LogP contribution in [0.1, 0.15) is 31.2 Å². The van der Waals surface area contributed by atoms with Crippen LogP contribution in [-0.2, 0) is 4.79 Å². The predicted molar refractivity (Wildman–Crippen MR) is 81.7 cm³/mol. The Labute approximate surface area is 128 Å². The number of nitrogens with one attached hydrogen (secondary N) is 2. The molecule has 2 amide bonds. The van der Waals surface area contributed by atoms with E-state index in [4.69, 9.17) is 11.6 Å². The number of carboxylic acid groups (broad SMARTS) is 1. The average Bonchev–Trinajstić information content (AvgIpc) is 2.43. The van der Waals surface area contributed by atoms with Gasteiger partial charge in [-0.25, -0.2) is 4.79 Å². The molecule has 2 rings (SSSR count). The van der Waals surface area contributed by atoms with E-state index in [2.05, 4.69) is 10.6 Å². The van der Waals surface area contributed by atoms with E-state index in [0.29, 0.717) is 23.6 Å². The van der Waals surface area contributed by atoms with Crippen molar-refractivity contribution in [2.75, 3.05) is 5.32 Å². The first kappa shape index (κ1) is 15.6. The minimum Gasteiger partial charge on any atom is -0.481 e. The topological polar surface area (TPSA) is 78.4 Å². The lowest BCUT2D eigenvalue weighted by Gasteiger charge is -2.29. The SMILES string of the molecule is Cc1ccc(Cl)cc1NC(=O)NC1CCCCC1C(=O)O. The lowest BCUT2D eigenvalue weighted by molar-refractivity contribution is -0.143. The number of aryl methyl sites for hydroxylation is 1. The van der Waals surface area contributed by atoms with Crippen molar-refractivity contribution >= 4 is 29.3 Å². The number of hydrogen-bond donors (Lipinski definition) is 3. The van der Waals surface area contributed by atoms with E-state index >= 15 is 0 Å². The first-order chi connectivity index (χ1) is 9.97. The van der Waals surface area contributed by atoms with Crippen LogP contribution >= 0.6 is 11.6 Å². The highest BCUT2D eigenvalue weighted by Gasteiger charge is 2.31. The van der Waals surface area contributed by atoms with Crippen LogP contribution in [0.3, 0.4) is 0 Å². The molecule has 1 aliphatic carbocycles. The van der Waals surface area contributed by atoms with Crippen LogP contribution in [0.5, 0.6) is 0 Å². The molecule has 0 aromatic heterocycles. The smallest absolute Gasteiger partial charge is 0.319 e. The van der Waals surface area contributed by atoms with E-state index in [0.717, 1.165) is 18.4 Å². The number of benzene rings is 1. The van der Waals surface area contributed by atoms with Gasteiger partial charge in [-0.1, -0.05) is 30.5 Å². The van der Waals surface area contributed by atoms with E-state index in [1.807, 2.05) is 13.0 Å². The van der Waals surface area contributed by atoms with Crippen molar-refractivity contribution in [2.45, 2.75) is 38.6 Å². The number of anilines is 1. The van der Waals surface area contributed by atoms with Gasteiger partial charge in [-0.2, -0.15) is 0 Å². The number of rotatable bonds is 3. The third-order valence-electron chi connectivity index (χ3n) is 3.85. The Morgan fingerprint density at radius 3 is 2.71 bits per heavy atom. The van der Waals surface area contributed by atoms with Gasteiger partial charge in [0.05, 0.1) is 5.92 Å². The van der Waals surface area contributed by atoms with E-state index in [1.54, 1.807) is 12.1 Å². The van der Waals surface area contributed by atoms with Gasteiger partial charge in [0.25, 0.3) is 0 Å². The summed E-state index contributed by atoms with van der Waals surface area (Å²) in [4.78, 5) is 23.3. The van der Waals surface area contributed by atoms with Gasteiger partial charge in [0.15, 0.2) is 0 Å². The molecule has 5 nitrogen and oxygen atoms in total. The number of halogens is 1. The minimum atomic E-state index is -0.848. The summed E-state index contributed by atoms with van der Waals surface area (Å²) in [6.07, 6.45) is 3.13. The van der Waals surface area contributed by atoms with Gasteiger partial charge in [-0.15, -0.1) is 0 Å². The summed E-state index contributed by atoms with van der Waals surface area (Å²) in [6.45, 7) is 1.87. The summed E-state index contributed by atoms with van der Waals surface area (Å²) < 4.78 is 0. The maximum absolute atomic E-state index is 12.1. The standard InChI is InChI=1S/C15H19ClN2O3/c1-9-6-7-10(16)8-13(9)18-15(21)17-12-5-3-2-4-11(12)14(19)20/h6-8,11-12H,2-5H2,1H3,(H,19,20)(H2,17,18,21). The van der Waals surface area contributed by atoms with E-state index < -0.39 is 17.9 Å². The monoisotopic (exact) mass is 310 g/mol. The number of aliphatic carboxylic acids is 1. The van der Waals surface area contributed by atoms with Gasteiger partial charge in [0.2, 0.25) is 0 Å². The van der Waals surface area contributed by atoms with E-state index in [-0.39, 0.29) is 6.04 Å². The molecule has 1 fully saturated rings. The second-order valence-electron chi connectivity index (χ2n) is 5.39. The molecule has 0 bridgehead atoms. The third-order valence-corrected chi connectivity index (χ3v) is 4.08. The summed E-state index contributed by atoms with van der Waals surface area (Å²) in [5.41, 5.74) is 1.52. The Balaban J connectivity index is 2.00. The molecule has 0 aliphatic heterocycles. The van der Waals surface area contributed by atoms with Crippen LogP contribution in [0.25, 0.3) is 0 Å². The maximum atomic E-state index is 12.1. The Kier molecular flexibility index (Phi) is 5.07. The Morgan fingerprint density at radius 2 is 2.00 bits per heavy atom. The number of amides is 2. The fraction of sp³-hybridized carbons (Fsp3) is 0.467. The quantitative estimate of drug-likeness (QED) is 0.800. The van der Waals surface area contributed by atoms with Gasteiger partial charge in [-0.05, 0) is 37.5 Å². The highest BCUT2D eigenvalue weighted by atomic mass is 35.5. The fourth-order valence-electron chi connectivity index (χ4n) is 2.65. The van der Waals surface area contributed by atoms with Gasteiger partial charge in [0, 0.05) is 16.8 Å². The predicted octanol–water partition coefficient (Wildman–Crippen LogP) is 3.41. The summed E-state index contributed by atoms with van der Waals surface area (Å²) in [5, 5.41) is 15.2. The summed E-state index contributed by atoms with van der Waals surface area (Å²) in [5.74, 6) is -1.36. The number of carboxylic acids is 1. The molecular formula is C15H19ClN2O3. The van der Waals surface area contributed by atoms with Gasteiger partial charge < -0.3 is 15.7 Å². The largest absolute Gasteiger partial charge is 0.481 e. The van der Waals surface area contributed by atoms with Crippen LogP contribution in [0.15, 0.2) is 18.2 Å². The molecule has 1 saturated carbocycles. The van der Waals surface area contributed by atoms with Crippen molar-refractivity contribution in [1.82, 2.24) is 5.32 Å². The second kappa shape index (κ2) is 6.80. The highest BCUT2D eigenvalue weighted by Crippen LogP contribution is 2.25. The third kappa shape index (κ3) is 4.11. The number of carbonyl (C=O) groups excluding carboxylic acids is 1. The molecule has 0 spiro atoms. The molecule has 2 unspecified atom stereocenters. The average molecular weight is 311 g/mol. The van der Waals surface area contributed by atoms with Gasteiger partial charge in [-0.3, -0.25) is 4.79 Å². The summed E-state index contributed by atoms with van der Waals surface area (Å²) in [7, 11) is 0. The number of carbonyl (C=O) groups is 2. The van der Waals surface area contributed by atoms with Crippen molar-refractivity contribution in [3.05, 3.63) is 28.8 Å². The molecule has 1 aromatic carbocycles. The van der Waals surface area contributed by atoms with Crippen molar-refractivity contribution in [1.29, 1.82) is 0 Å². The lowest BCUT2D eigenvalue weighted by atomic mass is 9.84. The van der Waals surface area contributed by atoms with E-state index in [1.165, 1.54) is 0 Å². The van der Waals surface area contributed by atoms with Crippen molar-refractivity contribution in [3.63, 3.8) is 0 Å². The van der Waals surface area contributed by atoms with Crippen LogP contribution in [0.2, 0.25) is 5.02 Å². The highest BCUT2D eigenvalue weighted by molar-refractivity contribution is 6.31. The van der Waals surface area contributed by atoms with Crippen LogP contribution in [-0.4, -0.2) is 23.1 Å². The van der Waals surface area contributed by atoms with Crippen LogP contribution < -0.4 is 10.6 Å². The molecule has 3 N–H and O–H groups in total. The molecule has 0 radical (unpaired) electrons. The zero-order chi connectivity index (χ0) is 15.4. The molecule has 114 valence electrons. The molecule has 0 heterocycles. The maximum Gasteiger partial charge on any atom is 0.319 e. The zero-order valence-electron chi connectivity index (χ0n) is 11.9. The molecular weight excluding hydrogens is 292 g/mol. The number of hydrogen-bond acceptors (Lipinski definition) is 2. The molecule has 6 heteroatoms. The molecule has 1 aromatic rings. The van der Waals surface area contributed by atoms with Crippen molar-refractivity contribution in [2.24, 2.45) is 5.92 Å². The zero-order valence-corrected chi connectivity index (χ0v) is 12.6. The van der Waals surface area contributed by atoms with Gasteiger partial charge >= 0.3 is 12.0 Å². The Bertz CT molecular complexity index is 548. The molecule has 2 atom stereocenters. The summed E-state index contributed by atoms with van der Waals surface area (Å²) in [6, 6.07) is 4.53. The van der Waals surface area contributed by atoms with Crippen molar-refractivity contribution in [3.8, 4) is 0 Å². The van der Waals surface area contributed by atoms with Crippen molar-refractivity contribution < 1.29 is 14.7 Å². The van der Waals surface area contributed by atoms with Crippen LogP contribution in [0, 0.1) is 12.8 Å². The minimum absolute atomic E-state index is 0.323. The second-order valence-corrected chi connectivity index (χ2v) is 5.83. The molecule has 21 heavy (non-hydrogen) atoms. The normalized spacial score (nSPS) is 21.6. The number of urea groups is 1. The Morgan fingerprint density at radius 1 is 1.29 bits per heavy atom. The fourth-order valence-corrected chi connectivity index (χ4v) is 2.83. The molecule has 1 aliphatic rings.